The molecule has 27 heavy (non-hydrogen) atoms. The van der Waals surface area contributed by atoms with Gasteiger partial charge in [0.15, 0.2) is 18.2 Å². The summed E-state index contributed by atoms with van der Waals surface area (Å²) >= 11 is 1.31. The number of carbonyl (C=O) groups is 2. The van der Waals surface area contributed by atoms with E-state index in [0.717, 1.165) is 27.8 Å². The third kappa shape index (κ3) is 5.27. The van der Waals surface area contributed by atoms with Crippen molar-refractivity contribution in [2.24, 2.45) is 0 Å². The Morgan fingerprint density at radius 3 is 2.48 bits per heavy atom. The van der Waals surface area contributed by atoms with Gasteiger partial charge in [-0.1, -0.05) is 30.3 Å². The number of ether oxygens (including phenoxy) is 1. The van der Waals surface area contributed by atoms with Gasteiger partial charge in [-0.3, -0.25) is 9.59 Å². The average Bonchev–Trinajstić information content (AvgIpc) is 2.67. The Hall–Kier alpha value is -2.93. The van der Waals surface area contributed by atoms with Crippen LogP contribution in [0.1, 0.15) is 0 Å². The van der Waals surface area contributed by atoms with E-state index in [2.05, 4.69) is 5.32 Å². The van der Waals surface area contributed by atoms with Gasteiger partial charge < -0.3 is 10.1 Å². The van der Waals surface area contributed by atoms with E-state index in [0.29, 0.717) is 0 Å². The van der Waals surface area contributed by atoms with Crippen LogP contribution in [0.15, 0.2) is 65.6 Å². The number of amides is 1. The standard InChI is InChI=1S/C20H15F2NO3S/c21-17-8-6-15(10-18(17)22)23-19(24)11-26-20(25)12-27-16-7-5-13-3-1-2-4-14(13)9-16/h1-10H,11-12H2,(H,23,24). The van der Waals surface area contributed by atoms with E-state index >= 15 is 0 Å². The van der Waals surface area contributed by atoms with E-state index in [9.17, 15) is 18.4 Å². The zero-order chi connectivity index (χ0) is 19.2. The second kappa shape index (κ2) is 8.64. The Morgan fingerprint density at radius 1 is 0.926 bits per heavy atom. The number of hydrogen-bond acceptors (Lipinski definition) is 4. The molecule has 7 heteroatoms. The Bertz CT molecular complexity index is 994. The first-order chi connectivity index (χ1) is 13.0. The van der Waals surface area contributed by atoms with Gasteiger partial charge in [-0.15, -0.1) is 11.8 Å². The van der Waals surface area contributed by atoms with Crippen LogP contribution >= 0.6 is 11.8 Å². The van der Waals surface area contributed by atoms with Crippen LogP contribution in [-0.4, -0.2) is 24.2 Å². The van der Waals surface area contributed by atoms with E-state index in [4.69, 9.17) is 4.74 Å². The fourth-order valence-electron chi connectivity index (χ4n) is 2.36. The molecule has 0 fully saturated rings. The molecular weight excluding hydrogens is 372 g/mol. The number of esters is 1. The summed E-state index contributed by atoms with van der Waals surface area (Å²) in [4.78, 5) is 24.4. The monoisotopic (exact) mass is 387 g/mol. The first-order valence-corrected chi connectivity index (χ1v) is 9.02. The first-order valence-electron chi connectivity index (χ1n) is 8.03. The summed E-state index contributed by atoms with van der Waals surface area (Å²) in [5.41, 5.74) is 0.0838. The molecule has 138 valence electrons. The summed E-state index contributed by atoms with van der Waals surface area (Å²) in [6, 6.07) is 16.7. The van der Waals surface area contributed by atoms with Crippen LogP contribution in [0, 0.1) is 11.6 Å². The van der Waals surface area contributed by atoms with Crippen LogP contribution in [0.5, 0.6) is 0 Å². The van der Waals surface area contributed by atoms with Gasteiger partial charge in [0, 0.05) is 16.6 Å². The number of thioether (sulfide) groups is 1. The minimum atomic E-state index is -1.07. The fourth-order valence-corrected chi connectivity index (χ4v) is 3.10. The number of anilines is 1. The predicted octanol–water partition coefficient (Wildman–Crippen LogP) is 4.39. The van der Waals surface area contributed by atoms with Crippen LogP contribution in [0.25, 0.3) is 10.8 Å². The fraction of sp³-hybridized carbons (Fsp3) is 0.100. The topological polar surface area (TPSA) is 55.4 Å². The molecule has 0 heterocycles. The molecule has 0 unspecified atom stereocenters. The number of nitrogens with one attached hydrogen (secondary N) is 1. The van der Waals surface area contributed by atoms with Crippen molar-refractivity contribution < 1.29 is 23.1 Å². The van der Waals surface area contributed by atoms with Gasteiger partial charge in [0.05, 0.1) is 5.75 Å². The second-order valence-electron chi connectivity index (χ2n) is 5.64. The smallest absolute Gasteiger partial charge is 0.316 e. The SMILES string of the molecule is O=C(COC(=O)CSc1ccc2ccccc2c1)Nc1ccc(F)c(F)c1. The summed E-state index contributed by atoms with van der Waals surface area (Å²) in [5, 5.41) is 4.51. The maximum Gasteiger partial charge on any atom is 0.316 e. The van der Waals surface area contributed by atoms with Crippen molar-refractivity contribution in [3.05, 3.63) is 72.3 Å². The van der Waals surface area contributed by atoms with E-state index < -0.39 is 30.1 Å². The molecule has 4 nitrogen and oxygen atoms in total. The molecule has 0 atom stereocenters. The van der Waals surface area contributed by atoms with Gasteiger partial charge in [0.25, 0.3) is 5.91 Å². The molecule has 0 saturated carbocycles. The van der Waals surface area contributed by atoms with Crippen LogP contribution in [0.3, 0.4) is 0 Å². The highest BCUT2D eigenvalue weighted by molar-refractivity contribution is 8.00. The highest BCUT2D eigenvalue weighted by Crippen LogP contribution is 2.23. The zero-order valence-electron chi connectivity index (χ0n) is 14.1. The van der Waals surface area contributed by atoms with Crippen molar-refractivity contribution in [3.63, 3.8) is 0 Å². The number of hydrogen-bond donors (Lipinski definition) is 1. The molecule has 0 saturated heterocycles. The first kappa shape index (κ1) is 18.8. The zero-order valence-corrected chi connectivity index (χ0v) is 14.9. The van der Waals surface area contributed by atoms with Crippen molar-refractivity contribution in [2.75, 3.05) is 17.7 Å². The Labute approximate surface area is 158 Å². The largest absolute Gasteiger partial charge is 0.455 e. The summed E-state index contributed by atoms with van der Waals surface area (Å²) in [6.07, 6.45) is 0. The quantitative estimate of drug-likeness (QED) is 0.503. The van der Waals surface area contributed by atoms with Crippen LogP contribution in [0.4, 0.5) is 14.5 Å². The molecule has 3 rings (SSSR count). The van der Waals surface area contributed by atoms with Gasteiger partial charge in [-0.05, 0) is 35.0 Å². The normalized spacial score (nSPS) is 10.6. The Kier molecular flexibility index (Phi) is 6.03. The lowest BCUT2D eigenvalue weighted by molar-refractivity contribution is -0.144. The number of rotatable bonds is 6. The van der Waals surface area contributed by atoms with Crippen molar-refractivity contribution in [1.29, 1.82) is 0 Å². The third-order valence-electron chi connectivity index (χ3n) is 3.65. The lowest BCUT2D eigenvalue weighted by Gasteiger charge is -2.07. The van der Waals surface area contributed by atoms with Crippen molar-refractivity contribution in [2.45, 2.75) is 4.90 Å². The van der Waals surface area contributed by atoms with Crippen LogP contribution < -0.4 is 5.32 Å². The minimum Gasteiger partial charge on any atom is -0.455 e. The Morgan fingerprint density at radius 2 is 1.70 bits per heavy atom. The molecule has 1 amide bonds. The van der Waals surface area contributed by atoms with Crippen molar-refractivity contribution in [3.8, 4) is 0 Å². The number of benzene rings is 3. The average molecular weight is 387 g/mol. The van der Waals surface area contributed by atoms with Gasteiger partial charge in [-0.2, -0.15) is 0 Å². The van der Waals surface area contributed by atoms with E-state index in [1.165, 1.54) is 17.8 Å². The molecule has 0 spiro atoms. The number of halogens is 2. The third-order valence-corrected chi connectivity index (χ3v) is 4.61. The molecule has 3 aromatic rings. The minimum absolute atomic E-state index is 0.0524. The summed E-state index contributed by atoms with van der Waals surface area (Å²) in [7, 11) is 0. The summed E-state index contributed by atoms with van der Waals surface area (Å²) < 4.78 is 30.8. The number of fused-ring (bicyclic) bond motifs is 1. The molecule has 0 aliphatic heterocycles. The molecule has 0 radical (unpaired) electrons. The molecular formula is C20H15F2NO3S. The van der Waals surface area contributed by atoms with Gasteiger partial charge in [0.2, 0.25) is 0 Å². The highest BCUT2D eigenvalue weighted by atomic mass is 32.2. The van der Waals surface area contributed by atoms with Gasteiger partial charge >= 0.3 is 5.97 Å². The molecule has 0 aliphatic carbocycles. The lowest BCUT2D eigenvalue weighted by atomic mass is 10.1. The van der Waals surface area contributed by atoms with E-state index in [1.807, 2.05) is 42.5 Å². The van der Waals surface area contributed by atoms with Crippen LogP contribution in [-0.2, 0) is 14.3 Å². The second-order valence-corrected chi connectivity index (χ2v) is 6.68. The van der Waals surface area contributed by atoms with Crippen molar-refractivity contribution >= 4 is 40.1 Å². The van der Waals surface area contributed by atoms with Crippen molar-refractivity contribution in [1.82, 2.24) is 0 Å². The maximum absolute atomic E-state index is 13.1. The Balaban J connectivity index is 1.45. The molecule has 0 bridgehead atoms. The van der Waals surface area contributed by atoms with E-state index in [1.54, 1.807) is 0 Å². The predicted molar refractivity (Wildman–Crippen MR) is 101 cm³/mol. The summed E-state index contributed by atoms with van der Waals surface area (Å²) in [6.45, 7) is -0.504. The maximum atomic E-state index is 13.1. The highest BCUT2D eigenvalue weighted by Gasteiger charge is 2.10. The van der Waals surface area contributed by atoms with E-state index in [-0.39, 0.29) is 11.4 Å². The van der Waals surface area contributed by atoms with Gasteiger partial charge in [-0.25, -0.2) is 8.78 Å². The lowest BCUT2D eigenvalue weighted by Crippen LogP contribution is -2.21. The van der Waals surface area contributed by atoms with Crippen LogP contribution in [0.2, 0.25) is 0 Å². The molecule has 0 aromatic heterocycles. The molecule has 3 aromatic carbocycles. The molecule has 1 N–H and O–H groups in total. The summed E-state index contributed by atoms with van der Waals surface area (Å²) in [5.74, 6) is -3.21. The number of carbonyl (C=O) groups excluding carboxylic acids is 2. The van der Waals surface area contributed by atoms with Gasteiger partial charge in [0.1, 0.15) is 0 Å². The molecule has 0 aliphatic rings.